The Morgan fingerprint density at radius 2 is 2.03 bits per heavy atom. The Morgan fingerprint density at radius 3 is 2.87 bits per heavy atom. The van der Waals surface area contributed by atoms with Gasteiger partial charge in [-0.1, -0.05) is 30.4 Å². The van der Waals surface area contributed by atoms with Crippen molar-refractivity contribution in [3.05, 3.63) is 53.3 Å². The lowest BCUT2D eigenvalue weighted by Gasteiger charge is -2.13. The van der Waals surface area contributed by atoms with Gasteiger partial charge in [0.25, 0.3) is 5.91 Å². The Labute approximate surface area is 188 Å². The smallest absolute Gasteiger partial charge is 0.303 e. The fraction of sp³-hybridized carbons (Fsp3) is 0.227. The van der Waals surface area contributed by atoms with Crippen molar-refractivity contribution in [1.82, 2.24) is 14.9 Å². The lowest BCUT2D eigenvalue weighted by Crippen LogP contribution is -2.29. The maximum absolute atomic E-state index is 12.7. The SMILES string of the molecule is O=C(O)CCCCCN1C(=O)C(=Cc2ccc(-c3ccc4ncccc4n3)o2)SC1=S. The summed E-state index contributed by atoms with van der Waals surface area (Å²) in [6, 6.07) is 11.1. The Hall–Kier alpha value is -3.04. The number of pyridine rings is 2. The van der Waals surface area contributed by atoms with Gasteiger partial charge in [-0.15, -0.1) is 0 Å². The highest BCUT2D eigenvalue weighted by atomic mass is 32.2. The van der Waals surface area contributed by atoms with Crippen molar-refractivity contribution in [2.24, 2.45) is 0 Å². The molecular weight excluding hydrogens is 434 g/mol. The Kier molecular flexibility index (Phi) is 6.43. The van der Waals surface area contributed by atoms with Crippen LogP contribution >= 0.6 is 24.0 Å². The van der Waals surface area contributed by atoms with E-state index >= 15 is 0 Å². The summed E-state index contributed by atoms with van der Waals surface area (Å²) in [6.45, 7) is 0.486. The van der Waals surface area contributed by atoms with Crippen LogP contribution in [0.3, 0.4) is 0 Å². The molecule has 31 heavy (non-hydrogen) atoms. The summed E-state index contributed by atoms with van der Waals surface area (Å²) < 4.78 is 6.40. The molecule has 0 saturated carbocycles. The van der Waals surface area contributed by atoms with Gasteiger partial charge in [-0.2, -0.15) is 0 Å². The predicted molar refractivity (Wildman–Crippen MR) is 123 cm³/mol. The fourth-order valence-electron chi connectivity index (χ4n) is 3.21. The molecule has 158 valence electrons. The Bertz CT molecular complexity index is 1190. The number of thioether (sulfide) groups is 1. The van der Waals surface area contributed by atoms with E-state index in [4.69, 9.17) is 21.7 Å². The predicted octanol–water partition coefficient (Wildman–Crippen LogP) is 4.74. The van der Waals surface area contributed by atoms with Crippen LogP contribution in [-0.4, -0.2) is 42.7 Å². The average molecular weight is 454 g/mol. The first-order chi connectivity index (χ1) is 15.0. The maximum Gasteiger partial charge on any atom is 0.303 e. The monoisotopic (exact) mass is 453 g/mol. The van der Waals surface area contributed by atoms with Crippen LogP contribution in [-0.2, 0) is 9.59 Å². The van der Waals surface area contributed by atoms with Crippen molar-refractivity contribution in [1.29, 1.82) is 0 Å². The second-order valence-corrected chi connectivity index (χ2v) is 8.65. The number of carboxylic acid groups (broad SMARTS) is 1. The number of thiocarbonyl (C=S) groups is 1. The molecule has 1 fully saturated rings. The minimum absolute atomic E-state index is 0.141. The van der Waals surface area contributed by atoms with Crippen LogP contribution in [0.4, 0.5) is 0 Å². The highest BCUT2D eigenvalue weighted by Gasteiger charge is 2.31. The van der Waals surface area contributed by atoms with Crippen LogP contribution < -0.4 is 0 Å². The quantitative estimate of drug-likeness (QED) is 0.297. The molecule has 1 saturated heterocycles. The Morgan fingerprint density at radius 1 is 1.16 bits per heavy atom. The van der Waals surface area contributed by atoms with Crippen LogP contribution in [0, 0.1) is 0 Å². The number of fused-ring (bicyclic) bond motifs is 1. The summed E-state index contributed by atoms with van der Waals surface area (Å²) in [7, 11) is 0. The zero-order chi connectivity index (χ0) is 21.8. The van der Waals surface area contributed by atoms with Gasteiger partial charge in [-0.25, -0.2) is 4.98 Å². The number of furan rings is 1. The first-order valence-corrected chi connectivity index (χ1v) is 11.0. The van der Waals surface area contributed by atoms with E-state index in [-0.39, 0.29) is 12.3 Å². The summed E-state index contributed by atoms with van der Waals surface area (Å²) in [5.74, 6) is 0.193. The maximum atomic E-state index is 12.7. The zero-order valence-corrected chi connectivity index (χ0v) is 18.1. The second-order valence-electron chi connectivity index (χ2n) is 6.98. The van der Waals surface area contributed by atoms with Crippen molar-refractivity contribution in [2.45, 2.75) is 25.7 Å². The molecule has 3 aromatic rings. The van der Waals surface area contributed by atoms with Crippen LogP contribution in [0.15, 0.2) is 51.9 Å². The van der Waals surface area contributed by atoms with E-state index in [0.29, 0.717) is 45.8 Å². The lowest BCUT2D eigenvalue weighted by molar-refractivity contribution is -0.137. The van der Waals surface area contributed by atoms with Gasteiger partial charge in [0.2, 0.25) is 0 Å². The number of carboxylic acids is 1. The first-order valence-electron chi connectivity index (χ1n) is 9.80. The molecule has 0 unspecified atom stereocenters. The van der Waals surface area contributed by atoms with E-state index < -0.39 is 5.97 Å². The van der Waals surface area contributed by atoms with E-state index in [0.717, 1.165) is 17.5 Å². The van der Waals surface area contributed by atoms with E-state index in [2.05, 4.69) is 9.97 Å². The summed E-state index contributed by atoms with van der Waals surface area (Å²) >= 11 is 6.59. The number of amides is 1. The highest BCUT2D eigenvalue weighted by Crippen LogP contribution is 2.33. The van der Waals surface area contributed by atoms with Gasteiger partial charge in [-0.05, 0) is 49.2 Å². The van der Waals surface area contributed by atoms with Gasteiger partial charge in [0, 0.05) is 25.2 Å². The molecule has 3 aromatic heterocycles. The van der Waals surface area contributed by atoms with Gasteiger partial charge >= 0.3 is 5.97 Å². The minimum atomic E-state index is -0.804. The molecule has 4 rings (SSSR count). The van der Waals surface area contributed by atoms with Gasteiger partial charge in [0.1, 0.15) is 15.8 Å². The third-order valence-corrected chi connectivity index (χ3v) is 6.13. The number of carbonyl (C=O) groups excluding carboxylic acids is 1. The van der Waals surface area contributed by atoms with Crippen LogP contribution in [0.2, 0.25) is 0 Å². The number of nitrogens with zero attached hydrogens (tertiary/aromatic N) is 3. The van der Waals surface area contributed by atoms with Crippen LogP contribution in [0.1, 0.15) is 31.4 Å². The number of hydrogen-bond acceptors (Lipinski definition) is 7. The van der Waals surface area contributed by atoms with Crippen molar-refractivity contribution in [2.75, 3.05) is 6.54 Å². The van der Waals surface area contributed by atoms with Crippen LogP contribution in [0.25, 0.3) is 28.6 Å². The standard InChI is InChI=1S/C22H19N3O4S2/c26-20(27)6-2-1-3-12-25-21(28)19(31-22(25)30)13-14-7-10-18(29-14)17-9-8-15-16(24-17)5-4-11-23-15/h4-5,7-11,13H,1-3,6,12H2,(H,26,27). The molecule has 1 aliphatic heterocycles. The van der Waals surface area contributed by atoms with Gasteiger partial charge in [-0.3, -0.25) is 19.5 Å². The summed E-state index contributed by atoms with van der Waals surface area (Å²) in [5.41, 5.74) is 2.28. The first kappa shape index (κ1) is 21.2. The molecule has 0 spiro atoms. The van der Waals surface area contributed by atoms with Gasteiger partial charge < -0.3 is 9.52 Å². The molecule has 0 aromatic carbocycles. The summed E-state index contributed by atoms with van der Waals surface area (Å²) in [4.78, 5) is 34.2. The number of rotatable bonds is 8. The van der Waals surface area contributed by atoms with Crippen molar-refractivity contribution >= 4 is 57.3 Å². The average Bonchev–Trinajstić information content (AvgIpc) is 3.33. The van der Waals surface area contributed by atoms with Crippen molar-refractivity contribution in [3.8, 4) is 11.5 Å². The highest BCUT2D eigenvalue weighted by molar-refractivity contribution is 8.26. The molecule has 0 radical (unpaired) electrons. The molecule has 0 bridgehead atoms. The normalized spacial score (nSPS) is 15.4. The van der Waals surface area contributed by atoms with Crippen molar-refractivity contribution in [3.63, 3.8) is 0 Å². The summed E-state index contributed by atoms with van der Waals surface area (Å²) in [6.07, 6.45) is 5.59. The van der Waals surface area contributed by atoms with Gasteiger partial charge in [0.05, 0.1) is 15.9 Å². The molecule has 1 aliphatic rings. The summed E-state index contributed by atoms with van der Waals surface area (Å²) in [5, 5.41) is 8.69. The van der Waals surface area contributed by atoms with E-state index in [1.54, 1.807) is 23.2 Å². The second kappa shape index (κ2) is 9.40. The lowest BCUT2D eigenvalue weighted by atomic mass is 10.2. The largest absolute Gasteiger partial charge is 0.481 e. The van der Waals surface area contributed by atoms with E-state index in [9.17, 15) is 9.59 Å². The third-order valence-electron chi connectivity index (χ3n) is 4.75. The molecule has 0 aliphatic carbocycles. The van der Waals surface area contributed by atoms with Crippen molar-refractivity contribution < 1.29 is 19.1 Å². The Balaban J connectivity index is 1.43. The molecule has 1 amide bonds. The molecule has 0 atom stereocenters. The number of aliphatic carboxylic acids is 1. The minimum Gasteiger partial charge on any atom is -0.481 e. The van der Waals surface area contributed by atoms with Gasteiger partial charge in [0.15, 0.2) is 5.76 Å². The number of aromatic nitrogens is 2. The third kappa shape index (κ3) is 5.00. The fourth-order valence-corrected chi connectivity index (χ4v) is 4.50. The number of unbranched alkanes of at least 4 members (excludes halogenated alkanes) is 2. The topological polar surface area (TPSA) is 96.5 Å². The molecule has 1 N–H and O–H groups in total. The molecule has 7 nitrogen and oxygen atoms in total. The molecule has 9 heteroatoms. The van der Waals surface area contributed by atoms with E-state index in [1.165, 1.54) is 11.8 Å². The van der Waals surface area contributed by atoms with E-state index in [1.807, 2.05) is 30.3 Å². The molecule has 4 heterocycles. The number of carbonyl (C=O) groups is 2. The van der Waals surface area contributed by atoms with Crippen LogP contribution in [0.5, 0.6) is 0 Å². The number of hydrogen-bond donors (Lipinski definition) is 1. The zero-order valence-electron chi connectivity index (χ0n) is 16.5. The molecular formula is C22H19N3O4S2.